The number of anilines is 1. The van der Waals surface area contributed by atoms with Gasteiger partial charge in [0.15, 0.2) is 6.10 Å². The quantitative estimate of drug-likeness (QED) is 0.930. The fraction of sp³-hybridized carbons (Fsp3) is 0.316. The minimum Gasteiger partial charge on any atom is -0.378 e. The number of aliphatic hydroxyl groups excluding tert-OH is 1. The second-order valence-electron chi connectivity index (χ2n) is 5.96. The van der Waals surface area contributed by atoms with Gasteiger partial charge in [-0.15, -0.1) is 0 Å². The summed E-state index contributed by atoms with van der Waals surface area (Å²) in [6, 6.07) is 17.0. The molecule has 1 N–H and O–H groups in total. The lowest BCUT2D eigenvalue weighted by Gasteiger charge is -2.25. The highest BCUT2D eigenvalue weighted by Crippen LogP contribution is 2.21. The Kier molecular flexibility index (Phi) is 5.38. The van der Waals surface area contributed by atoms with Crippen molar-refractivity contribution in [1.82, 2.24) is 4.90 Å². The Morgan fingerprint density at radius 1 is 0.958 bits per heavy atom. The number of rotatable bonds is 3. The number of amides is 1. The number of benzene rings is 2. The molecule has 0 saturated carbocycles. The van der Waals surface area contributed by atoms with Gasteiger partial charge in [0.2, 0.25) is 0 Å². The molecule has 4 nitrogen and oxygen atoms in total. The lowest BCUT2D eigenvalue weighted by molar-refractivity contribution is -0.140. The van der Waals surface area contributed by atoms with E-state index in [-0.39, 0.29) is 5.91 Å². The van der Waals surface area contributed by atoms with Crippen LogP contribution >= 0.6 is 11.6 Å². The molecule has 0 bridgehead atoms. The van der Waals surface area contributed by atoms with E-state index in [1.165, 1.54) is 5.69 Å². The molecule has 0 aliphatic carbocycles. The van der Waals surface area contributed by atoms with Gasteiger partial charge in [-0.3, -0.25) is 4.79 Å². The zero-order valence-corrected chi connectivity index (χ0v) is 14.2. The van der Waals surface area contributed by atoms with Crippen molar-refractivity contribution in [1.29, 1.82) is 0 Å². The summed E-state index contributed by atoms with van der Waals surface area (Å²) in [7, 11) is 0. The molecule has 1 aliphatic heterocycles. The van der Waals surface area contributed by atoms with E-state index in [0.29, 0.717) is 23.7 Å². The summed E-state index contributed by atoms with van der Waals surface area (Å²) < 4.78 is 0. The van der Waals surface area contributed by atoms with Crippen LogP contribution in [0.3, 0.4) is 0 Å². The van der Waals surface area contributed by atoms with E-state index in [0.717, 1.165) is 19.5 Å². The first-order valence-electron chi connectivity index (χ1n) is 8.17. The SMILES string of the molecule is O=C([C@@H](O)c1ccc(Cl)cc1)N1CCCN(c2ccccc2)CC1. The molecule has 0 radical (unpaired) electrons. The van der Waals surface area contributed by atoms with Crippen LogP contribution in [0, 0.1) is 0 Å². The highest BCUT2D eigenvalue weighted by Gasteiger charge is 2.25. The molecule has 0 aromatic heterocycles. The smallest absolute Gasteiger partial charge is 0.256 e. The van der Waals surface area contributed by atoms with E-state index in [1.807, 2.05) is 18.2 Å². The highest BCUT2D eigenvalue weighted by atomic mass is 35.5. The van der Waals surface area contributed by atoms with E-state index >= 15 is 0 Å². The van der Waals surface area contributed by atoms with Gasteiger partial charge in [-0.05, 0) is 36.2 Å². The van der Waals surface area contributed by atoms with Crippen molar-refractivity contribution in [2.24, 2.45) is 0 Å². The average molecular weight is 345 g/mol. The van der Waals surface area contributed by atoms with Crippen LogP contribution in [-0.2, 0) is 4.79 Å². The predicted molar refractivity (Wildman–Crippen MR) is 96.3 cm³/mol. The third-order valence-electron chi connectivity index (χ3n) is 4.35. The second kappa shape index (κ2) is 7.69. The fourth-order valence-corrected chi connectivity index (χ4v) is 3.12. The molecule has 2 aromatic carbocycles. The maximum atomic E-state index is 12.6. The van der Waals surface area contributed by atoms with Crippen molar-refractivity contribution in [3.05, 3.63) is 65.2 Å². The minimum atomic E-state index is -1.13. The Morgan fingerprint density at radius 3 is 2.38 bits per heavy atom. The topological polar surface area (TPSA) is 43.8 Å². The second-order valence-corrected chi connectivity index (χ2v) is 6.39. The van der Waals surface area contributed by atoms with Crippen molar-refractivity contribution in [3.63, 3.8) is 0 Å². The molecule has 2 aromatic rings. The van der Waals surface area contributed by atoms with Gasteiger partial charge in [0, 0.05) is 36.9 Å². The Morgan fingerprint density at radius 2 is 1.67 bits per heavy atom. The first-order valence-corrected chi connectivity index (χ1v) is 8.55. The molecule has 1 amide bonds. The highest BCUT2D eigenvalue weighted by molar-refractivity contribution is 6.30. The third kappa shape index (κ3) is 3.89. The van der Waals surface area contributed by atoms with Crippen molar-refractivity contribution in [2.75, 3.05) is 31.1 Å². The number of hydrogen-bond donors (Lipinski definition) is 1. The predicted octanol–water partition coefficient (Wildman–Crippen LogP) is 3.11. The molecule has 1 aliphatic rings. The zero-order valence-electron chi connectivity index (χ0n) is 13.4. The summed E-state index contributed by atoms with van der Waals surface area (Å²) >= 11 is 5.86. The summed E-state index contributed by atoms with van der Waals surface area (Å²) in [5, 5.41) is 10.9. The molecule has 0 unspecified atom stereocenters. The number of nitrogens with zero attached hydrogens (tertiary/aromatic N) is 2. The van der Waals surface area contributed by atoms with Gasteiger partial charge >= 0.3 is 0 Å². The monoisotopic (exact) mass is 344 g/mol. The van der Waals surface area contributed by atoms with E-state index < -0.39 is 6.10 Å². The molecule has 5 heteroatoms. The minimum absolute atomic E-state index is 0.243. The Balaban J connectivity index is 1.65. The van der Waals surface area contributed by atoms with E-state index in [2.05, 4.69) is 17.0 Å². The number of hydrogen-bond acceptors (Lipinski definition) is 3. The first-order chi connectivity index (χ1) is 11.6. The lowest BCUT2D eigenvalue weighted by Crippen LogP contribution is -2.38. The number of halogens is 1. The van der Waals surface area contributed by atoms with Crippen LogP contribution in [0.25, 0.3) is 0 Å². The summed E-state index contributed by atoms with van der Waals surface area (Å²) in [5.41, 5.74) is 1.75. The van der Waals surface area contributed by atoms with Gasteiger partial charge in [-0.2, -0.15) is 0 Å². The van der Waals surface area contributed by atoms with Crippen LogP contribution in [0.4, 0.5) is 5.69 Å². The van der Waals surface area contributed by atoms with Crippen LogP contribution in [0.5, 0.6) is 0 Å². The van der Waals surface area contributed by atoms with Gasteiger partial charge < -0.3 is 14.9 Å². The van der Waals surface area contributed by atoms with Gasteiger partial charge in [0.25, 0.3) is 5.91 Å². The molecule has 126 valence electrons. The summed E-state index contributed by atoms with van der Waals surface area (Å²) in [4.78, 5) is 16.6. The third-order valence-corrected chi connectivity index (χ3v) is 4.60. The Bertz CT molecular complexity index is 676. The molecule has 24 heavy (non-hydrogen) atoms. The van der Waals surface area contributed by atoms with Gasteiger partial charge in [0.1, 0.15) is 0 Å². The Hall–Kier alpha value is -2.04. The van der Waals surface area contributed by atoms with E-state index in [9.17, 15) is 9.90 Å². The number of aliphatic hydroxyl groups is 1. The standard InChI is InChI=1S/C19H21ClN2O2/c20-16-9-7-15(8-10-16)18(23)19(24)22-12-4-11-21(13-14-22)17-5-2-1-3-6-17/h1-3,5-10,18,23H,4,11-14H2/t18-/m0/s1. The van der Waals surface area contributed by atoms with Crippen molar-refractivity contribution in [3.8, 4) is 0 Å². The lowest BCUT2D eigenvalue weighted by atomic mass is 10.1. The molecule has 0 spiro atoms. The molecular weight excluding hydrogens is 324 g/mol. The maximum Gasteiger partial charge on any atom is 0.256 e. The zero-order chi connectivity index (χ0) is 16.9. The molecule has 1 atom stereocenters. The average Bonchev–Trinajstić information content (AvgIpc) is 2.88. The summed E-state index contributed by atoms with van der Waals surface area (Å²) in [6.45, 7) is 2.94. The van der Waals surface area contributed by atoms with Crippen LogP contribution in [0.2, 0.25) is 5.02 Å². The fourth-order valence-electron chi connectivity index (χ4n) is 3.00. The van der Waals surface area contributed by atoms with Crippen LogP contribution in [-0.4, -0.2) is 42.1 Å². The van der Waals surface area contributed by atoms with Gasteiger partial charge in [0.05, 0.1) is 0 Å². The van der Waals surface area contributed by atoms with E-state index in [1.54, 1.807) is 29.2 Å². The molecular formula is C19H21ClN2O2. The molecule has 1 fully saturated rings. The van der Waals surface area contributed by atoms with Gasteiger partial charge in [-0.25, -0.2) is 0 Å². The van der Waals surface area contributed by atoms with Crippen LogP contribution in [0.1, 0.15) is 18.1 Å². The Labute approximate surface area is 147 Å². The van der Waals surface area contributed by atoms with Crippen molar-refractivity contribution < 1.29 is 9.90 Å². The van der Waals surface area contributed by atoms with E-state index in [4.69, 9.17) is 11.6 Å². The van der Waals surface area contributed by atoms with Crippen molar-refractivity contribution >= 4 is 23.2 Å². The normalized spacial score (nSPS) is 16.6. The molecule has 3 rings (SSSR count). The number of para-hydroxylation sites is 1. The van der Waals surface area contributed by atoms with Crippen LogP contribution < -0.4 is 4.90 Å². The maximum absolute atomic E-state index is 12.6. The summed E-state index contributed by atoms with van der Waals surface area (Å²) in [6.07, 6.45) is -0.251. The van der Waals surface area contributed by atoms with Gasteiger partial charge in [-0.1, -0.05) is 41.9 Å². The summed E-state index contributed by atoms with van der Waals surface area (Å²) in [5.74, 6) is -0.243. The molecule has 1 heterocycles. The first kappa shape index (κ1) is 16.8. The van der Waals surface area contributed by atoms with Crippen LogP contribution in [0.15, 0.2) is 54.6 Å². The molecule has 1 saturated heterocycles. The van der Waals surface area contributed by atoms with Crippen molar-refractivity contribution in [2.45, 2.75) is 12.5 Å². The number of carbonyl (C=O) groups excluding carboxylic acids is 1. The number of carbonyl (C=O) groups is 1. The largest absolute Gasteiger partial charge is 0.378 e.